The van der Waals surface area contributed by atoms with Gasteiger partial charge in [-0.25, -0.2) is 0 Å². The van der Waals surface area contributed by atoms with Crippen LogP contribution < -0.4 is 0 Å². The van der Waals surface area contributed by atoms with Gasteiger partial charge in [0, 0.05) is 36.2 Å². The highest BCUT2D eigenvalue weighted by Gasteiger charge is 2.64. The fourth-order valence-corrected chi connectivity index (χ4v) is 10.1. The molecule has 6 nitrogen and oxygen atoms in total. The molecule has 2 saturated heterocycles. The van der Waals surface area contributed by atoms with E-state index in [4.69, 9.17) is 18.9 Å². The number of rotatable bonds is 6. The number of hydrogen-bond donors (Lipinski definition) is 2. The van der Waals surface area contributed by atoms with Gasteiger partial charge in [0.05, 0.1) is 31.0 Å². The summed E-state index contributed by atoms with van der Waals surface area (Å²) in [5, 5.41) is 25.0. The van der Waals surface area contributed by atoms with Gasteiger partial charge in [0.25, 0.3) is 0 Å². The van der Waals surface area contributed by atoms with Crippen LogP contribution in [0, 0.1) is 22.7 Å². The van der Waals surface area contributed by atoms with E-state index in [0.29, 0.717) is 44.5 Å². The van der Waals surface area contributed by atoms with Crippen LogP contribution in [0.4, 0.5) is 0 Å². The van der Waals surface area contributed by atoms with Gasteiger partial charge >= 0.3 is 0 Å². The number of benzene rings is 1. The standard InChI is InChI=1S/C40H56O6/c1-27(2)28-10-12-29(13-11-28)31-23-37(5)32(15-19-39(37,42)17-8-22-44-34-9-6-7-21-43-34)30-14-18-38(41)24-40(20-16-33(38)35(30)31)45-25-36(3,4)26-46-40/h8,10-13,17,30-32,34,41-42H,1,6-7,9,14-16,18-26H2,2-5H3/b17-8-/t30-,31+,32-,34?,37-,38+,39-/m0/s1. The Labute approximate surface area is 276 Å². The van der Waals surface area contributed by atoms with E-state index < -0.39 is 17.0 Å². The monoisotopic (exact) mass is 632 g/mol. The second kappa shape index (κ2) is 12.0. The van der Waals surface area contributed by atoms with Crippen molar-refractivity contribution in [3.05, 3.63) is 65.3 Å². The van der Waals surface area contributed by atoms with Crippen molar-refractivity contribution in [2.75, 3.05) is 26.4 Å². The van der Waals surface area contributed by atoms with Crippen molar-refractivity contribution >= 4 is 5.57 Å². The van der Waals surface area contributed by atoms with Crippen molar-refractivity contribution in [1.29, 1.82) is 0 Å². The first-order chi connectivity index (χ1) is 21.9. The van der Waals surface area contributed by atoms with Crippen molar-refractivity contribution in [2.24, 2.45) is 22.7 Å². The van der Waals surface area contributed by atoms with Crippen LogP contribution in [0.3, 0.4) is 0 Å². The first-order valence-electron chi connectivity index (χ1n) is 18.0. The summed E-state index contributed by atoms with van der Waals surface area (Å²) in [6, 6.07) is 8.90. The highest BCUT2D eigenvalue weighted by atomic mass is 16.7. The van der Waals surface area contributed by atoms with E-state index in [1.807, 2.05) is 13.0 Å². The Morgan fingerprint density at radius 1 is 1.00 bits per heavy atom. The number of hydrogen-bond acceptors (Lipinski definition) is 6. The Kier molecular flexibility index (Phi) is 8.51. The molecule has 2 aliphatic heterocycles. The molecule has 252 valence electrons. The third-order valence-corrected chi connectivity index (χ3v) is 12.8. The summed E-state index contributed by atoms with van der Waals surface area (Å²) >= 11 is 0. The van der Waals surface area contributed by atoms with Gasteiger partial charge in [0.1, 0.15) is 0 Å². The van der Waals surface area contributed by atoms with Gasteiger partial charge in [0.2, 0.25) is 0 Å². The summed E-state index contributed by atoms with van der Waals surface area (Å²) in [7, 11) is 0. The third-order valence-electron chi connectivity index (χ3n) is 12.8. The highest BCUT2D eigenvalue weighted by molar-refractivity contribution is 5.61. The van der Waals surface area contributed by atoms with Crippen LogP contribution in [0.2, 0.25) is 0 Å². The molecular formula is C40H56O6. The first-order valence-corrected chi connectivity index (χ1v) is 18.0. The van der Waals surface area contributed by atoms with Gasteiger partial charge in [-0.2, -0.15) is 0 Å². The van der Waals surface area contributed by atoms with Crippen LogP contribution in [-0.4, -0.2) is 59.9 Å². The predicted molar refractivity (Wildman–Crippen MR) is 180 cm³/mol. The second-order valence-corrected chi connectivity index (χ2v) is 16.6. The molecule has 2 N–H and O–H groups in total. The number of fused-ring (bicyclic) bond motifs is 4. The van der Waals surface area contributed by atoms with Gasteiger partial charge in [-0.1, -0.05) is 74.9 Å². The molecule has 7 atom stereocenters. The molecule has 5 fully saturated rings. The Morgan fingerprint density at radius 3 is 2.46 bits per heavy atom. The maximum absolute atomic E-state index is 12.5. The largest absolute Gasteiger partial charge is 0.385 e. The topological polar surface area (TPSA) is 77.4 Å². The Hall–Kier alpha value is -1.80. The van der Waals surface area contributed by atoms with Crippen LogP contribution in [0.25, 0.3) is 5.57 Å². The molecular weight excluding hydrogens is 576 g/mol. The van der Waals surface area contributed by atoms with Gasteiger partial charge in [-0.3, -0.25) is 0 Å². The van der Waals surface area contributed by atoms with Gasteiger partial charge in [-0.05, 0) is 93.2 Å². The lowest BCUT2D eigenvalue weighted by molar-refractivity contribution is -0.322. The number of ether oxygens (including phenoxy) is 4. The predicted octanol–water partition coefficient (Wildman–Crippen LogP) is 7.84. The first kappa shape index (κ1) is 32.7. The molecule has 0 amide bonds. The summed E-state index contributed by atoms with van der Waals surface area (Å²) in [6.45, 7) is 15.4. The van der Waals surface area contributed by atoms with Gasteiger partial charge < -0.3 is 29.2 Å². The Bertz CT molecular complexity index is 1360. The summed E-state index contributed by atoms with van der Waals surface area (Å²) in [4.78, 5) is 0. The minimum Gasteiger partial charge on any atom is -0.385 e. The zero-order chi connectivity index (χ0) is 32.4. The van der Waals surface area contributed by atoms with E-state index in [9.17, 15) is 10.2 Å². The average Bonchev–Trinajstić information content (AvgIpc) is 3.30. The van der Waals surface area contributed by atoms with Crippen LogP contribution >= 0.6 is 0 Å². The van der Waals surface area contributed by atoms with Crippen LogP contribution in [-0.2, 0) is 18.9 Å². The summed E-state index contributed by atoms with van der Waals surface area (Å²) in [6.07, 6.45) is 13.4. The summed E-state index contributed by atoms with van der Waals surface area (Å²) in [5.41, 5.74) is 3.99. The van der Waals surface area contributed by atoms with E-state index in [1.165, 1.54) is 16.7 Å². The number of allylic oxidation sites excluding steroid dienone is 2. The van der Waals surface area contributed by atoms with Crippen LogP contribution in [0.5, 0.6) is 0 Å². The Morgan fingerprint density at radius 2 is 1.76 bits per heavy atom. The Balaban J connectivity index is 1.21. The highest BCUT2D eigenvalue weighted by Crippen LogP contribution is 2.68. The van der Waals surface area contributed by atoms with Crippen LogP contribution in [0.15, 0.2) is 54.1 Å². The molecule has 1 aromatic rings. The van der Waals surface area contributed by atoms with E-state index in [2.05, 4.69) is 57.7 Å². The zero-order valence-corrected chi connectivity index (χ0v) is 28.6. The molecule has 0 bridgehead atoms. The zero-order valence-electron chi connectivity index (χ0n) is 28.6. The van der Waals surface area contributed by atoms with E-state index in [0.717, 1.165) is 75.5 Å². The average molecular weight is 633 g/mol. The fraction of sp³-hybridized carbons (Fsp3) is 0.700. The molecule has 1 aromatic carbocycles. The molecule has 1 unspecified atom stereocenters. The van der Waals surface area contributed by atoms with Crippen molar-refractivity contribution in [1.82, 2.24) is 0 Å². The third kappa shape index (κ3) is 5.69. The maximum Gasteiger partial charge on any atom is 0.171 e. The lowest BCUT2D eigenvalue weighted by Gasteiger charge is -2.58. The maximum atomic E-state index is 12.5. The lowest BCUT2D eigenvalue weighted by Crippen LogP contribution is -2.58. The second-order valence-electron chi connectivity index (χ2n) is 16.6. The SMILES string of the molecule is C=C(C)c1ccc([C@H]2C[C@@]3(C)[C@@H](CC[C@@]3(O)/C=C\COC3CCCCO3)[C@@H]3CC[C@@]4(O)CC5(CCC4=C32)OCC(C)(C)CO5)cc1. The van der Waals surface area contributed by atoms with Gasteiger partial charge in [-0.15, -0.1) is 0 Å². The molecule has 4 aliphatic carbocycles. The molecule has 2 heterocycles. The smallest absolute Gasteiger partial charge is 0.171 e. The lowest BCUT2D eigenvalue weighted by atomic mass is 9.49. The molecule has 0 aromatic heterocycles. The van der Waals surface area contributed by atoms with Crippen molar-refractivity contribution in [3.63, 3.8) is 0 Å². The fourth-order valence-electron chi connectivity index (χ4n) is 10.1. The number of aliphatic hydroxyl groups is 2. The van der Waals surface area contributed by atoms with E-state index in [-0.39, 0.29) is 23.0 Å². The molecule has 6 heteroatoms. The van der Waals surface area contributed by atoms with Crippen molar-refractivity contribution < 1.29 is 29.2 Å². The van der Waals surface area contributed by atoms with Crippen molar-refractivity contribution in [2.45, 2.75) is 128 Å². The molecule has 46 heavy (non-hydrogen) atoms. The van der Waals surface area contributed by atoms with Gasteiger partial charge in [0.15, 0.2) is 12.1 Å². The molecule has 1 spiro atoms. The molecule has 6 aliphatic rings. The van der Waals surface area contributed by atoms with Crippen molar-refractivity contribution in [3.8, 4) is 0 Å². The molecule has 7 rings (SSSR count). The quantitative estimate of drug-likeness (QED) is 0.311. The molecule has 3 saturated carbocycles. The van der Waals surface area contributed by atoms with Crippen LogP contribution in [0.1, 0.15) is 115 Å². The normalized spacial score (nSPS) is 40.0. The minimum absolute atomic E-state index is 0.0113. The summed E-state index contributed by atoms with van der Waals surface area (Å²) < 4.78 is 24.7. The minimum atomic E-state index is -0.928. The van der Waals surface area contributed by atoms with E-state index in [1.54, 1.807) is 0 Å². The summed E-state index contributed by atoms with van der Waals surface area (Å²) in [5.74, 6) is 0.0989. The molecule has 0 radical (unpaired) electrons. The van der Waals surface area contributed by atoms with E-state index >= 15 is 0 Å².